The summed E-state index contributed by atoms with van der Waals surface area (Å²) in [6.07, 6.45) is 1.25. The molecule has 0 aromatic rings. The van der Waals surface area contributed by atoms with Crippen molar-refractivity contribution in [3.63, 3.8) is 0 Å². The monoisotopic (exact) mass is 243 g/mol. The third-order valence-corrected chi connectivity index (χ3v) is 2.48. The number of nitrogens with zero attached hydrogens (tertiary/aromatic N) is 1. The zero-order chi connectivity index (χ0) is 13.4. The van der Waals surface area contributed by atoms with Crippen LogP contribution in [0.15, 0.2) is 5.10 Å². The molecule has 0 aromatic heterocycles. The molecule has 0 spiro atoms. The Labute approximate surface area is 102 Å². The molecule has 0 fully saturated rings. The fraction of sp³-hybridized carbons (Fsp3) is 0.727. The molecule has 0 aliphatic heterocycles. The number of hydrogen-bond acceptors (Lipinski definition) is 4. The third-order valence-electron chi connectivity index (χ3n) is 2.48. The van der Waals surface area contributed by atoms with E-state index < -0.39 is 6.03 Å². The van der Waals surface area contributed by atoms with Gasteiger partial charge in [-0.15, -0.1) is 0 Å². The molecule has 0 bridgehead atoms. The predicted octanol–water partition coefficient (Wildman–Crippen LogP) is 1.26. The minimum Gasteiger partial charge on any atom is -0.469 e. The molecule has 0 saturated heterocycles. The summed E-state index contributed by atoms with van der Waals surface area (Å²) in [6.45, 7) is 5.70. The minimum absolute atomic E-state index is 0.154. The highest BCUT2D eigenvalue weighted by Gasteiger charge is 2.22. The summed E-state index contributed by atoms with van der Waals surface area (Å²) in [4.78, 5) is 21.9. The van der Waals surface area contributed by atoms with Gasteiger partial charge in [0.05, 0.1) is 13.0 Å². The molecule has 0 unspecified atom stereocenters. The largest absolute Gasteiger partial charge is 0.469 e. The molecule has 1 atom stereocenters. The van der Waals surface area contributed by atoms with Crippen LogP contribution >= 0.6 is 0 Å². The van der Waals surface area contributed by atoms with Crippen molar-refractivity contribution in [3.8, 4) is 0 Å². The third kappa shape index (κ3) is 6.55. The van der Waals surface area contributed by atoms with Gasteiger partial charge in [-0.1, -0.05) is 13.8 Å². The van der Waals surface area contributed by atoms with Gasteiger partial charge in [0.25, 0.3) is 0 Å². The maximum absolute atomic E-state index is 11.5. The number of nitrogens with two attached hydrogens (primary N) is 1. The highest BCUT2D eigenvalue weighted by molar-refractivity contribution is 5.84. The van der Waals surface area contributed by atoms with Gasteiger partial charge in [-0.3, -0.25) is 4.79 Å². The maximum Gasteiger partial charge on any atom is 0.332 e. The van der Waals surface area contributed by atoms with E-state index in [1.807, 2.05) is 13.8 Å². The zero-order valence-corrected chi connectivity index (χ0v) is 10.8. The maximum atomic E-state index is 11.5. The van der Waals surface area contributed by atoms with Crippen LogP contribution in [0.4, 0.5) is 4.79 Å². The molecule has 2 amide bonds. The molecule has 0 heterocycles. The van der Waals surface area contributed by atoms with Gasteiger partial charge < -0.3 is 10.5 Å². The van der Waals surface area contributed by atoms with E-state index in [0.717, 1.165) is 5.71 Å². The van der Waals surface area contributed by atoms with Crippen molar-refractivity contribution in [2.45, 2.75) is 33.6 Å². The van der Waals surface area contributed by atoms with Gasteiger partial charge >= 0.3 is 12.0 Å². The van der Waals surface area contributed by atoms with Gasteiger partial charge in [0.1, 0.15) is 0 Å². The Hall–Kier alpha value is -1.59. The lowest BCUT2D eigenvalue weighted by Gasteiger charge is -2.17. The highest BCUT2D eigenvalue weighted by atomic mass is 16.5. The number of rotatable bonds is 6. The van der Waals surface area contributed by atoms with Crippen molar-refractivity contribution in [1.29, 1.82) is 0 Å². The first-order chi connectivity index (χ1) is 7.88. The summed E-state index contributed by atoms with van der Waals surface area (Å²) in [5.74, 6) is -0.159. The van der Waals surface area contributed by atoms with Gasteiger partial charge in [0.2, 0.25) is 0 Å². The van der Waals surface area contributed by atoms with Crippen molar-refractivity contribution in [2.24, 2.45) is 22.7 Å². The first-order valence-electron chi connectivity index (χ1n) is 5.55. The van der Waals surface area contributed by atoms with E-state index in [2.05, 4.69) is 10.5 Å². The molecule has 0 aliphatic rings. The molecular weight excluding hydrogens is 222 g/mol. The van der Waals surface area contributed by atoms with Crippen molar-refractivity contribution in [3.05, 3.63) is 0 Å². The Morgan fingerprint density at radius 2 is 2.00 bits per heavy atom. The van der Waals surface area contributed by atoms with Crippen LogP contribution in [0.3, 0.4) is 0 Å². The van der Waals surface area contributed by atoms with Crippen LogP contribution in [0.5, 0.6) is 0 Å². The van der Waals surface area contributed by atoms with E-state index in [9.17, 15) is 9.59 Å². The molecule has 0 radical (unpaired) electrons. The summed E-state index contributed by atoms with van der Waals surface area (Å²) >= 11 is 0. The number of ether oxygens (including phenoxy) is 1. The lowest BCUT2D eigenvalue weighted by molar-refractivity contribution is -0.147. The van der Waals surface area contributed by atoms with Crippen LogP contribution in [0.2, 0.25) is 0 Å². The van der Waals surface area contributed by atoms with E-state index in [1.165, 1.54) is 7.11 Å². The quantitative estimate of drug-likeness (QED) is 0.417. The number of urea groups is 1. The number of nitrogens with one attached hydrogen (secondary N) is 1. The molecule has 3 N–H and O–H groups in total. The molecule has 0 aliphatic carbocycles. The number of hydrogen-bond donors (Lipinski definition) is 2. The summed E-state index contributed by atoms with van der Waals surface area (Å²) in [5, 5.41) is 3.78. The van der Waals surface area contributed by atoms with E-state index in [1.54, 1.807) is 6.92 Å². The van der Waals surface area contributed by atoms with Crippen LogP contribution in [0.1, 0.15) is 33.6 Å². The molecule has 0 saturated carbocycles. The van der Waals surface area contributed by atoms with Crippen LogP contribution in [-0.4, -0.2) is 24.8 Å². The van der Waals surface area contributed by atoms with Crippen LogP contribution < -0.4 is 11.2 Å². The second-order valence-corrected chi connectivity index (χ2v) is 4.24. The Balaban J connectivity index is 4.26. The normalized spacial score (nSPS) is 13.4. The van der Waals surface area contributed by atoms with Crippen LogP contribution in [0.25, 0.3) is 0 Å². The zero-order valence-electron chi connectivity index (χ0n) is 10.8. The number of carbonyl (C=O) groups excluding carboxylic acids is 2. The first-order valence-corrected chi connectivity index (χ1v) is 5.55. The molecule has 0 rings (SSSR count). The fourth-order valence-corrected chi connectivity index (χ4v) is 1.45. The number of amides is 2. The molecule has 98 valence electrons. The average Bonchev–Trinajstić information content (AvgIpc) is 2.25. The number of esters is 1. The highest BCUT2D eigenvalue weighted by Crippen LogP contribution is 2.18. The summed E-state index contributed by atoms with van der Waals surface area (Å²) in [7, 11) is 1.38. The van der Waals surface area contributed by atoms with E-state index in [-0.39, 0.29) is 17.8 Å². The molecule has 6 heteroatoms. The second-order valence-electron chi connectivity index (χ2n) is 4.24. The van der Waals surface area contributed by atoms with E-state index >= 15 is 0 Å². The minimum atomic E-state index is -0.697. The predicted molar refractivity (Wildman–Crippen MR) is 65.4 cm³/mol. The van der Waals surface area contributed by atoms with E-state index in [4.69, 9.17) is 10.5 Å². The first kappa shape index (κ1) is 15.4. The summed E-state index contributed by atoms with van der Waals surface area (Å²) in [5.41, 5.74) is 7.76. The second kappa shape index (κ2) is 7.65. The fourth-order valence-electron chi connectivity index (χ4n) is 1.45. The molecular formula is C11H21N3O3. The molecule has 6 nitrogen and oxygen atoms in total. The van der Waals surface area contributed by atoms with Crippen LogP contribution in [-0.2, 0) is 9.53 Å². The Bertz CT molecular complexity index is 300. The van der Waals surface area contributed by atoms with Crippen LogP contribution in [0, 0.1) is 11.8 Å². The van der Waals surface area contributed by atoms with Gasteiger partial charge in [-0.05, 0) is 25.7 Å². The van der Waals surface area contributed by atoms with Crippen molar-refractivity contribution in [2.75, 3.05) is 7.11 Å². The van der Waals surface area contributed by atoms with E-state index in [0.29, 0.717) is 12.8 Å². The topological polar surface area (TPSA) is 93.8 Å². The van der Waals surface area contributed by atoms with Crippen molar-refractivity contribution in [1.82, 2.24) is 5.43 Å². The Kier molecular flexibility index (Phi) is 6.93. The lowest BCUT2D eigenvalue weighted by atomic mass is 9.90. The number of hydrazone groups is 1. The number of carbonyl (C=O) groups is 2. The molecule has 17 heavy (non-hydrogen) atoms. The van der Waals surface area contributed by atoms with Gasteiger partial charge in [0, 0.05) is 5.71 Å². The molecule has 0 aromatic carbocycles. The lowest BCUT2D eigenvalue weighted by Crippen LogP contribution is -2.26. The number of methoxy groups -OCH3 is 1. The summed E-state index contributed by atoms with van der Waals surface area (Å²) < 4.78 is 4.74. The van der Waals surface area contributed by atoms with Crippen molar-refractivity contribution < 1.29 is 14.3 Å². The smallest absolute Gasteiger partial charge is 0.332 e. The van der Waals surface area contributed by atoms with Crippen molar-refractivity contribution >= 4 is 17.7 Å². The number of primary amides is 1. The van der Waals surface area contributed by atoms with Gasteiger partial charge in [0.15, 0.2) is 0 Å². The Morgan fingerprint density at radius 3 is 2.41 bits per heavy atom. The average molecular weight is 243 g/mol. The standard InChI is InChI=1S/C11H21N3O3/c1-7(2)9(10(15)17-4)6-5-8(3)13-14-11(12)16/h7,9H,5-6H2,1-4H3,(H3,12,14,16)/b13-8+/t9-/m0/s1. The Morgan fingerprint density at radius 1 is 1.41 bits per heavy atom. The van der Waals surface area contributed by atoms with Gasteiger partial charge in [-0.2, -0.15) is 5.10 Å². The summed E-state index contributed by atoms with van der Waals surface area (Å²) in [6, 6.07) is -0.697. The SMILES string of the molecule is COC(=O)[C@@H](CC/C(C)=N/NC(N)=O)C(C)C. The van der Waals surface area contributed by atoms with Gasteiger partial charge in [-0.25, -0.2) is 10.2 Å².